The van der Waals surface area contributed by atoms with Crippen molar-refractivity contribution in [2.45, 2.75) is 46.8 Å². The molecule has 1 aliphatic heterocycles. The number of carbonyl (C=O) groups excluding carboxylic acids is 1. The maximum atomic E-state index is 12.0. The monoisotopic (exact) mass is 531 g/mol. The number of benzene rings is 1. The first-order chi connectivity index (χ1) is 13.9. The second-order valence-corrected chi connectivity index (χ2v) is 7.92. The van der Waals surface area contributed by atoms with E-state index in [-0.39, 0.29) is 42.0 Å². The molecule has 1 aromatic rings. The molecule has 8 heteroatoms. The smallest absolute Gasteiger partial charge is 0.234 e. The van der Waals surface area contributed by atoms with Gasteiger partial charge in [-0.2, -0.15) is 0 Å². The first-order valence-electron chi connectivity index (χ1n) is 10.7. The number of aliphatic imine (C=N–C) groups is 1. The van der Waals surface area contributed by atoms with Crippen LogP contribution in [0.3, 0.4) is 0 Å². The van der Waals surface area contributed by atoms with Crippen LogP contribution in [0.2, 0.25) is 0 Å². The predicted molar refractivity (Wildman–Crippen MR) is 134 cm³/mol. The molecule has 1 heterocycles. The van der Waals surface area contributed by atoms with Crippen LogP contribution in [0.25, 0.3) is 0 Å². The number of nitrogens with one attached hydrogen (secondary N) is 2. The number of rotatable bonds is 8. The third-order valence-electron chi connectivity index (χ3n) is 4.68. The quantitative estimate of drug-likeness (QED) is 0.307. The van der Waals surface area contributed by atoms with Gasteiger partial charge in [-0.3, -0.25) is 9.69 Å². The number of amides is 1. The van der Waals surface area contributed by atoms with Gasteiger partial charge in [0, 0.05) is 38.8 Å². The number of guanidine groups is 1. The van der Waals surface area contributed by atoms with Crippen molar-refractivity contribution in [1.82, 2.24) is 20.4 Å². The lowest BCUT2D eigenvalue weighted by molar-refractivity contribution is -0.123. The van der Waals surface area contributed by atoms with Gasteiger partial charge in [0.1, 0.15) is 11.9 Å². The third kappa shape index (κ3) is 9.51. The summed E-state index contributed by atoms with van der Waals surface area (Å²) >= 11 is 0. The Bertz CT molecular complexity index is 658. The molecular formula is C22H38IN5O2. The highest BCUT2D eigenvalue weighted by molar-refractivity contribution is 14.0. The number of halogens is 1. The third-order valence-corrected chi connectivity index (χ3v) is 4.68. The average Bonchev–Trinajstić information content (AvgIpc) is 2.67. The van der Waals surface area contributed by atoms with E-state index in [1.165, 1.54) is 5.56 Å². The minimum Gasteiger partial charge on any atom is -0.489 e. The van der Waals surface area contributed by atoms with Gasteiger partial charge in [0.05, 0.1) is 13.1 Å². The van der Waals surface area contributed by atoms with Crippen molar-refractivity contribution in [3.63, 3.8) is 0 Å². The number of hydrogen-bond acceptors (Lipinski definition) is 4. The van der Waals surface area contributed by atoms with Gasteiger partial charge in [-0.25, -0.2) is 4.99 Å². The topological polar surface area (TPSA) is 69.2 Å². The van der Waals surface area contributed by atoms with E-state index in [1.807, 2.05) is 32.9 Å². The molecule has 1 unspecified atom stereocenters. The van der Waals surface area contributed by atoms with Gasteiger partial charge in [0.2, 0.25) is 5.91 Å². The van der Waals surface area contributed by atoms with Crippen LogP contribution in [0.4, 0.5) is 0 Å². The van der Waals surface area contributed by atoms with E-state index in [9.17, 15) is 4.79 Å². The van der Waals surface area contributed by atoms with E-state index in [4.69, 9.17) is 9.73 Å². The van der Waals surface area contributed by atoms with E-state index < -0.39 is 0 Å². The van der Waals surface area contributed by atoms with Crippen LogP contribution in [0.1, 0.15) is 33.3 Å². The second kappa shape index (κ2) is 13.7. The molecule has 170 valence electrons. The Hall–Kier alpha value is -1.55. The molecule has 0 spiro atoms. The van der Waals surface area contributed by atoms with E-state index in [0.717, 1.165) is 44.4 Å². The predicted octanol–water partition coefficient (Wildman–Crippen LogP) is 2.49. The Labute approximate surface area is 198 Å². The molecule has 2 rings (SSSR count). The van der Waals surface area contributed by atoms with Gasteiger partial charge in [0.25, 0.3) is 0 Å². The fraction of sp³-hybridized carbons (Fsp3) is 0.636. The summed E-state index contributed by atoms with van der Waals surface area (Å²) in [5, 5.41) is 6.34. The Kier molecular flexibility index (Phi) is 12.1. The molecule has 1 atom stereocenters. The van der Waals surface area contributed by atoms with Crippen molar-refractivity contribution in [2.24, 2.45) is 4.99 Å². The molecule has 1 aliphatic rings. The first kappa shape index (κ1) is 26.5. The van der Waals surface area contributed by atoms with Crippen molar-refractivity contribution >= 4 is 35.8 Å². The Morgan fingerprint density at radius 2 is 1.77 bits per heavy atom. The Morgan fingerprint density at radius 3 is 2.33 bits per heavy atom. The fourth-order valence-electron chi connectivity index (χ4n) is 3.22. The van der Waals surface area contributed by atoms with Crippen molar-refractivity contribution in [3.8, 4) is 5.75 Å². The average molecular weight is 531 g/mol. The highest BCUT2D eigenvalue weighted by Gasteiger charge is 2.21. The zero-order valence-corrected chi connectivity index (χ0v) is 21.3. The SMILES string of the molecule is CCNC(=NCC(C)Oc1ccc(C)cc1)N1CCN(CC(=O)NC(C)C)CC1.I. The lowest BCUT2D eigenvalue weighted by atomic mass is 10.2. The maximum Gasteiger partial charge on any atom is 0.234 e. The van der Waals surface area contributed by atoms with Crippen molar-refractivity contribution in [2.75, 3.05) is 45.8 Å². The van der Waals surface area contributed by atoms with Gasteiger partial charge >= 0.3 is 0 Å². The molecule has 0 aromatic heterocycles. The second-order valence-electron chi connectivity index (χ2n) is 7.92. The normalized spacial score (nSPS) is 16.1. The molecule has 0 bridgehead atoms. The molecular weight excluding hydrogens is 493 g/mol. The van der Waals surface area contributed by atoms with E-state index in [0.29, 0.717) is 13.1 Å². The van der Waals surface area contributed by atoms with Gasteiger partial charge in [-0.05, 0) is 46.8 Å². The highest BCUT2D eigenvalue weighted by atomic mass is 127. The molecule has 1 fully saturated rings. The summed E-state index contributed by atoms with van der Waals surface area (Å²) in [4.78, 5) is 21.2. The van der Waals surface area contributed by atoms with E-state index in [1.54, 1.807) is 0 Å². The number of ether oxygens (including phenoxy) is 1. The lowest BCUT2D eigenvalue weighted by Gasteiger charge is -2.36. The molecule has 0 saturated carbocycles. The number of aryl methyl sites for hydroxylation is 1. The molecule has 2 N–H and O–H groups in total. The van der Waals surface area contributed by atoms with Gasteiger partial charge in [-0.1, -0.05) is 17.7 Å². The summed E-state index contributed by atoms with van der Waals surface area (Å²) in [6.07, 6.45) is -0.00705. The molecule has 1 saturated heterocycles. The Morgan fingerprint density at radius 1 is 1.13 bits per heavy atom. The van der Waals surface area contributed by atoms with Gasteiger partial charge in [0.15, 0.2) is 5.96 Å². The van der Waals surface area contributed by atoms with Crippen LogP contribution < -0.4 is 15.4 Å². The number of carbonyl (C=O) groups is 1. The molecule has 7 nitrogen and oxygen atoms in total. The highest BCUT2D eigenvalue weighted by Crippen LogP contribution is 2.13. The molecule has 0 aliphatic carbocycles. The van der Waals surface area contributed by atoms with Crippen LogP contribution in [0.5, 0.6) is 5.75 Å². The van der Waals surface area contributed by atoms with Crippen LogP contribution in [0.15, 0.2) is 29.3 Å². The van der Waals surface area contributed by atoms with Crippen molar-refractivity contribution in [3.05, 3.63) is 29.8 Å². The lowest BCUT2D eigenvalue weighted by Crippen LogP contribution is -2.54. The minimum atomic E-state index is -0.00705. The first-order valence-corrected chi connectivity index (χ1v) is 10.7. The number of piperazine rings is 1. The summed E-state index contributed by atoms with van der Waals surface area (Å²) < 4.78 is 5.97. The van der Waals surface area contributed by atoms with Gasteiger partial charge < -0.3 is 20.3 Å². The molecule has 1 aromatic carbocycles. The summed E-state index contributed by atoms with van der Waals surface area (Å²) in [6.45, 7) is 15.4. The summed E-state index contributed by atoms with van der Waals surface area (Å²) in [5.41, 5.74) is 1.22. The summed E-state index contributed by atoms with van der Waals surface area (Å²) in [7, 11) is 0. The van der Waals surface area contributed by atoms with Crippen molar-refractivity contribution < 1.29 is 9.53 Å². The fourth-order valence-corrected chi connectivity index (χ4v) is 3.22. The number of nitrogens with zero attached hydrogens (tertiary/aromatic N) is 3. The van der Waals surface area contributed by atoms with E-state index in [2.05, 4.69) is 46.4 Å². The van der Waals surface area contributed by atoms with Crippen molar-refractivity contribution in [1.29, 1.82) is 0 Å². The summed E-state index contributed by atoms with van der Waals surface area (Å²) in [5.74, 6) is 1.88. The molecule has 1 amide bonds. The van der Waals surface area contributed by atoms with Crippen LogP contribution in [0, 0.1) is 6.92 Å². The number of hydrogen-bond donors (Lipinski definition) is 2. The van der Waals surface area contributed by atoms with Crippen LogP contribution >= 0.6 is 24.0 Å². The van der Waals surface area contributed by atoms with Crippen LogP contribution in [-0.2, 0) is 4.79 Å². The molecule has 0 radical (unpaired) electrons. The van der Waals surface area contributed by atoms with Gasteiger partial charge in [-0.15, -0.1) is 24.0 Å². The maximum absolute atomic E-state index is 12.0. The zero-order chi connectivity index (χ0) is 21.2. The zero-order valence-electron chi connectivity index (χ0n) is 19.0. The summed E-state index contributed by atoms with van der Waals surface area (Å²) in [6, 6.07) is 8.28. The van der Waals surface area contributed by atoms with Crippen LogP contribution in [-0.4, -0.2) is 79.6 Å². The standard InChI is InChI=1S/C22H37N5O2.HI/c1-6-23-22(24-15-19(5)29-20-9-7-18(4)8-10-20)27-13-11-26(12-14-27)16-21(28)25-17(2)3;/h7-10,17,19H,6,11-16H2,1-5H3,(H,23,24)(H,25,28);1H. The largest absolute Gasteiger partial charge is 0.489 e. The Balaban J connectivity index is 0.00000450. The molecule has 30 heavy (non-hydrogen) atoms. The van der Waals surface area contributed by atoms with E-state index >= 15 is 0 Å². The minimum absolute atomic E-state index is 0.